The van der Waals surface area contributed by atoms with Crippen LogP contribution in [0, 0.1) is 6.92 Å². The zero-order valence-corrected chi connectivity index (χ0v) is 11.1. The summed E-state index contributed by atoms with van der Waals surface area (Å²) in [7, 11) is 0. The van der Waals surface area contributed by atoms with Crippen molar-refractivity contribution in [2.75, 3.05) is 31.1 Å². The zero-order chi connectivity index (χ0) is 12.1. The standard InChI is InChI=1S/C14H19NOS/c1-12-4-2-5-13(10-12)14(16)11-15-6-3-8-17-9-7-15/h2,4-5,10H,3,6-9,11H2,1H3. The van der Waals surface area contributed by atoms with Crippen molar-refractivity contribution in [2.45, 2.75) is 13.3 Å². The summed E-state index contributed by atoms with van der Waals surface area (Å²) >= 11 is 1.99. The first-order valence-corrected chi connectivity index (χ1v) is 7.31. The van der Waals surface area contributed by atoms with Gasteiger partial charge in [0.25, 0.3) is 0 Å². The van der Waals surface area contributed by atoms with Gasteiger partial charge >= 0.3 is 0 Å². The van der Waals surface area contributed by atoms with Crippen LogP contribution in [0.15, 0.2) is 24.3 Å². The topological polar surface area (TPSA) is 20.3 Å². The third kappa shape index (κ3) is 3.86. The molecular weight excluding hydrogens is 230 g/mol. The molecule has 0 spiro atoms. The van der Waals surface area contributed by atoms with E-state index in [1.807, 2.05) is 43.0 Å². The molecule has 17 heavy (non-hydrogen) atoms. The van der Waals surface area contributed by atoms with Gasteiger partial charge < -0.3 is 0 Å². The van der Waals surface area contributed by atoms with Crippen molar-refractivity contribution in [3.05, 3.63) is 35.4 Å². The van der Waals surface area contributed by atoms with Gasteiger partial charge in [0, 0.05) is 17.9 Å². The molecule has 0 bridgehead atoms. The molecule has 0 aromatic heterocycles. The van der Waals surface area contributed by atoms with Crippen molar-refractivity contribution >= 4 is 17.5 Å². The summed E-state index contributed by atoms with van der Waals surface area (Å²) in [4.78, 5) is 14.4. The number of thioether (sulfide) groups is 1. The number of carbonyl (C=O) groups is 1. The number of rotatable bonds is 3. The predicted molar refractivity (Wildman–Crippen MR) is 73.9 cm³/mol. The smallest absolute Gasteiger partial charge is 0.176 e. The Morgan fingerprint density at radius 3 is 3.06 bits per heavy atom. The molecule has 1 aromatic rings. The molecular formula is C14H19NOS. The average Bonchev–Trinajstić information content (AvgIpc) is 2.57. The van der Waals surface area contributed by atoms with Crippen molar-refractivity contribution in [3.63, 3.8) is 0 Å². The van der Waals surface area contributed by atoms with E-state index in [4.69, 9.17) is 0 Å². The first kappa shape index (κ1) is 12.7. The minimum atomic E-state index is 0.251. The van der Waals surface area contributed by atoms with E-state index < -0.39 is 0 Å². The van der Waals surface area contributed by atoms with Gasteiger partial charge in [-0.2, -0.15) is 11.8 Å². The van der Waals surface area contributed by atoms with Gasteiger partial charge in [-0.3, -0.25) is 9.69 Å². The molecule has 0 saturated carbocycles. The number of carbonyl (C=O) groups excluding carboxylic acids is 1. The minimum Gasteiger partial charge on any atom is -0.295 e. The van der Waals surface area contributed by atoms with Crippen molar-refractivity contribution < 1.29 is 4.79 Å². The van der Waals surface area contributed by atoms with Crippen LogP contribution in [-0.2, 0) is 0 Å². The number of ketones is 1. The molecule has 1 heterocycles. The first-order valence-electron chi connectivity index (χ1n) is 6.16. The highest BCUT2D eigenvalue weighted by atomic mass is 32.2. The number of Topliss-reactive ketones (excluding diaryl/α,β-unsaturated/α-hetero) is 1. The number of hydrogen-bond donors (Lipinski definition) is 0. The van der Waals surface area contributed by atoms with Crippen LogP contribution in [-0.4, -0.2) is 41.8 Å². The fourth-order valence-electron chi connectivity index (χ4n) is 2.07. The number of hydrogen-bond acceptors (Lipinski definition) is 3. The van der Waals surface area contributed by atoms with E-state index in [0.717, 1.165) is 30.0 Å². The molecule has 0 radical (unpaired) electrons. The van der Waals surface area contributed by atoms with Crippen LogP contribution >= 0.6 is 11.8 Å². The lowest BCUT2D eigenvalue weighted by Crippen LogP contribution is -2.31. The molecule has 0 aliphatic carbocycles. The van der Waals surface area contributed by atoms with Gasteiger partial charge in [-0.1, -0.05) is 23.8 Å². The summed E-state index contributed by atoms with van der Waals surface area (Å²) in [5.41, 5.74) is 2.00. The molecule has 0 unspecified atom stereocenters. The van der Waals surface area contributed by atoms with E-state index in [0.29, 0.717) is 6.54 Å². The zero-order valence-electron chi connectivity index (χ0n) is 10.3. The molecule has 0 amide bonds. The minimum absolute atomic E-state index is 0.251. The number of nitrogens with zero attached hydrogens (tertiary/aromatic N) is 1. The van der Waals surface area contributed by atoms with Crippen molar-refractivity contribution in [3.8, 4) is 0 Å². The third-order valence-electron chi connectivity index (χ3n) is 3.02. The summed E-state index contributed by atoms with van der Waals surface area (Å²) in [6, 6.07) is 7.89. The van der Waals surface area contributed by atoms with E-state index in [2.05, 4.69) is 4.90 Å². The molecule has 0 N–H and O–H groups in total. The SMILES string of the molecule is Cc1cccc(C(=O)CN2CCCSCC2)c1. The Morgan fingerprint density at radius 2 is 2.24 bits per heavy atom. The van der Waals surface area contributed by atoms with Gasteiger partial charge in [-0.15, -0.1) is 0 Å². The van der Waals surface area contributed by atoms with E-state index in [9.17, 15) is 4.79 Å². The fraction of sp³-hybridized carbons (Fsp3) is 0.500. The highest BCUT2D eigenvalue weighted by molar-refractivity contribution is 7.99. The quantitative estimate of drug-likeness (QED) is 0.768. The van der Waals surface area contributed by atoms with Gasteiger partial charge in [-0.05, 0) is 31.7 Å². The molecule has 2 nitrogen and oxygen atoms in total. The number of aryl methyl sites for hydroxylation is 1. The van der Waals surface area contributed by atoms with Crippen molar-refractivity contribution in [1.29, 1.82) is 0 Å². The molecule has 1 aromatic carbocycles. The number of benzene rings is 1. The Balaban J connectivity index is 1.96. The van der Waals surface area contributed by atoms with E-state index in [-0.39, 0.29) is 5.78 Å². The van der Waals surface area contributed by atoms with Crippen LogP contribution in [0.4, 0.5) is 0 Å². The summed E-state index contributed by atoms with van der Waals surface area (Å²) in [5.74, 6) is 2.64. The lowest BCUT2D eigenvalue weighted by molar-refractivity contribution is 0.0936. The van der Waals surface area contributed by atoms with Crippen LogP contribution in [0.25, 0.3) is 0 Å². The normalized spacial score (nSPS) is 17.7. The Kier molecular flexibility index (Phi) is 4.63. The van der Waals surface area contributed by atoms with Gasteiger partial charge in [-0.25, -0.2) is 0 Å². The van der Waals surface area contributed by atoms with Gasteiger partial charge in [0.2, 0.25) is 0 Å². The largest absolute Gasteiger partial charge is 0.295 e. The van der Waals surface area contributed by atoms with Gasteiger partial charge in [0.15, 0.2) is 5.78 Å². The van der Waals surface area contributed by atoms with Crippen LogP contribution < -0.4 is 0 Å². The Bertz CT molecular complexity index is 384. The molecule has 1 fully saturated rings. The lowest BCUT2D eigenvalue weighted by Gasteiger charge is -2.18. The highest BCUT2D eigenvalue weighted by Crippen LogP contribution is 2.11. The second-order valence-corrected chi connectivity index (χ2v) is 5.76. The van der Waals surface area contributed by atoms with Crippen LogP contribution in [0.3, 0.4) is 0 Å². The Labute approximate surface area is 107 Å². The monoisotopic (exact) mass is 249 g/mol. The maximum atomic E-state index is 12.1. The summed E-state index contributed by atoms with van der Waals surface area (Å²) in [5, 5.41) is 0. The van der Waals surface area contributed by atoms with E-state index in [1.165, 1.54) is 12.2 Å². The fourth-order valence-corrected chi connectivity index (χ4v) is 2.99. The highest BCUT2D eigenvalue weighted by Gasteiger charge is 2.14. The maximum absolute atomic E-state index is 12.1. The van der Waals surface area contributed by atoms with Gasteiger partial charge in [0.1, 0.15) is 0 Å². The van der Waals surface area contributed by atoms with E-state index in [1.54, 1.807) is 0 Å². The predicted octanol–water partition coefficient (Wildman–Crippen LogP) is 2.62. The van der Waals surface area contributed by atoms with Crippen molar-refractivity contribution in [2.24, 2.45) is 0 Å². The summed E-state index contributed by atoms with van der Waals surface area (Å²) < 4.78 is 0. The third-order valence-corrected chi connectivity index (χ3v) is 4.07. The first-order chi connectivity index (χ1) is 8.25. The van der Waals surface area contributed by atoms with Crippen LogP contribution in [0.1, 0.15) is 22.3 Å². The summed E-state index contributed by atoms with van der Waals surface area (Å²) in [6.45, 7) is 4.70. The molecule has 3 heteroatoms. The van der Waals surface area contributed by atoms with Gasteiger partial charge in [0.05, 0.1) is 6.54 Å². The average molecular weight is 249 g/mol. The summed E-state index contributed by atoms with van der Waals surface area (Å²) in [6.07, 6.45) is 1.20. The lowest BCUT2D eigenvalue weighted by atomic mass is 10.1. The molecule has 92 valence electrons. The molecule has 1 aliphatic rings. The second-order valence-electron chi connectivity index (χ2n) is 4.53. The second kappa shape index (κ2) is 6.22. The Hall–Kier alpha value is -0.800. The van der Waals surface area contributed by atoms with Crippen LogP contribution in [0.5, 0.6) is 0 Å². The molecule has 1 saturated heterocycles. The Morgan fingerprint density at radius 1 is 1.35 bits per heavy atom. The van der Waals surface area contributed by atoms with Crippen LogP contribution in [0.2, 0.25) is 0 Å². The van der Waals surface area contributed by atoms with Crippen molar-refractivity contribution in [1.82, 2.24) is 4.90 Å². The molecule has 2 rings (SSSR count). The maximum Gasteiger partial charge on any atom is 0.176 e. The van der Waals surface area contributed by atoms with E-state index >= 15 is 0 Å². The molecule has 0 atom stereocenters. The molecule has 1 aliphatic heterocycles.